The molecule has 0 aromatic carbocycles. The smallest absolute Gasteiger partial charge is 0.0745 e. The largest absolute Gasteiger partial charge is 0.391 e. The van der Waals surface area contributed by atoms with Crippen LogP contribution in [0.4, 0.5) is 0 Å². The average molecular weight is 242 g/mol. The Labute approximate surface area is 103 Å². The maximum atomic E-state index is 8.79. The number of rotatable bonds is 7. The van der Waals surface area contributed by atoms with Crippen molar-refractivity contribution in [2.45, 2.75) is 55.8 Å². The molecule has 0 radical (unpaired) electrons. The Morgan fingerprint density at radius 3 is 1.19 bits per heavy atom. The second kappa shape index (κ2) is 20.3. The van der Waals surface area contributed by atoms with Gasteiger partial charge in [0.15, 0.2) is 0 Å². The Morgan fingerprint density at radius 1 is 0.750 bits per heavy atom. The van der Waals surface area contributed by atoms with Crippen LogP contribution in [0.1, 0.15) is 43.6 Å². The van der Waals surface area contributed by atoms with Crippen LogP contribution in [0.25, 0.3) is 0 Å². The molecule has 4 nitrogen and oxygen atoms in total. The fraction of sp³-hybridized carbons (Fsp3) is 1.00. The van der Waals surface area contributed by atoms with Crippen LogP contribution >= 0.6 is 0 Å². The van der Waals surface area contributed by atoms with Crippen molar-refractivity contribution < 1.29 is 19.7 Å². The van der Waals surface area contributed by atoms with Crippen LogP contribution in [0, 0.1) is 0 Å². The Morgan fingerprint density at radius 2 is 1.00 bits per heavy atom. The molecule has 0 spiro atoms. The summed E-state index contributed by atoms with van der Waals surface area (Å²) in [7, 11) is 0. The highest BCUT2D eigenvalue weighted by Crippen LogP contribution is 1.85. The van der Waals surface area contributed by atoms with Crippen molar-refractivity contribution in [2.24, 2.45) is 0 Å². The van der Waals surface area contributed by atoms with E-state index in [9.17, 15) is 0 Å². The van der Waals surface area contributed by atoms with Crippen molar-refractivity contribution in [2.75, 3.05) is 26.4 Å². The average Bonchev–Trinajstić information content (AvgIpc) is 1.95. The van der Waals surface area contributed by atoms with Crippen LogP contribution in [0.5, 0.6) is 0 Å². The lowest BCUT2D eigenvalue weighted by Crippen LogP contribution is -2.16. The second-order valence-corrected chi connectivity index (χ2v) is 2.85. The van der Waals surface area contributed by atoms with E-state index < -0.39 is 12.2 Å². The van der Waals surface area contributed by atoms with Gasteiger partial charge < -0.3 is 19.7 Å². The molecule has 106 valence electrons. The van der Waals surface area contributed by atoms with E-state index in [0.29, 0.717) is 26.4 Å². The Hall–Kier alpha value is -0.160. The number of hydrogen-bond acceptors (Lipinski definition) is 4. The molecule has 0 aliphatic rings. The topological polar surface area (TPSA) is 58.9 Å². The first-order chi connectivity index (χ1) is 5.63. The summed E-state index contributed by atoms with van der Waals surface area (Å²) < 4.78 is 10.0. The normalized spacial score (nSPS) is 12.0. The van der Waals surface area contributed by atoms with Gasteiger partial charge in [-0.05, 0) is 13.8 Å². The summed E-state index contributed by atoms with van der Waals surface area (Å²) in [6.45, 7) is 4.90. The lowest BCUT2D eigenvalue weighted by molar-refractivity contribution is -0.0101. The molecule has 0 saturated carbocycles. The van der Waals surface area contributed by atoms with E-state index in [1.165, 1.54) is 0 Å². The Balaban J connectivity index is -0.000000101. The standard InChI is InChI=1S/C8H18O4.4CH4/c1-7(9)5-11-3-4-12-6-8(2)10;;;;/h7-10H,3-6H2,1-2H3;4*1H4. The predicted molar refractivity (Wildman–Crippen MR) is 71.9 cm³/mol. The quantitative estimate of drug-likeness (QED) is 0.673. The molecule has 0 aliphatic heterocycles. The third kappa shape index (κ3) is 29.2. The molecule has 2 unspecified atom stereocenters. The highest BCUT2D eigenvalue weighted by atomic mass is 16.5. The van der Waals surface area contributed by atoms with E-state index in [1.54, 1.807) is 13.8 Å². The lowest BCUT2D eigenvalue weighted by atomic mass is 10.4. The molecule has 0 bridgehead atoms. The molecule has 2 atom stereocenters. The van der Waals surface area contributed by atoms with E-state index in [4.69, 9.17) is 19.7 Å². The van der Waals surface area contributed by atoms with Gasteiger partial charge in [0.25, 0.3) is 0 Å². The van der Waals surface area contributed by atoms with Crippen LogP contribution < -0.4 is 0 Å². The lowest BCUT2D eigenvalue weighted by Gasteiger charge is -2.07. The van der Waals surface area contributed by atoms with Crippen molar-refractivity contribution in [3.8, 4) is 0 Å². The third-order valence-electron chi connectivity index (χ3n) is 1.09. The minimum Gasteiger partial charge on any atom is -0.391 e. The van der Waals surface area contributed by atoms with E-state index in [2.05, 4.69) is 0 Å². The van der Waals surface area contributed by atoms with Crippen LogP contribution in [-0.2, 0) is 9.47 Å². The van der Waals surface area contributed by atoms with E-state index in [-0.39, 0.29) is 29.7 Å². The molecule has 0 aliphatic carbocycles. The van der Waals surface area contributed by atoms with Gasteiger partial charge >= 0.3 is 0 Å². The van der Waals surface area contributed by atoms with E-state index >= 15 is 0 Å². The number of aliphatic hydroxyl groups is 2. The van der Waals surface area contributed by atoms with Gasteiger partial charge in [0.1, 0.15) is 0 Å². The Kier molecular flexibility index (Phi) is 37.6. The first-order valence-electron chi connectivity index (χ1n) is 4.14. The molecule has 0 heterocycles. The highest BCUT2D eigenvalue weighted by Gasteiger charge is 1.96. The minimum atomic E-state index is -0.429. The van der Waals surface area contributed by atoms with Gasteiger partial charge in [0.2, 0.25) is 0 Å². The van der Waals surface area contributed by atoms with Crippen molar-refractivity contribution >= 4 is 0 Å². The third-order valence-corrected chi connectivity index (χ3v) is 1.09. The minimum absolute atomic E-state index is 0. The summed E-state index contributed by atoms with van der Waals surface area (Å²) in [5.74, 6) is 0. The molecule has 0 saturated heterocycles. The maximum Gasteiger partial charge on any atom is 0.0745 e. The van der Waals surface area contributed by atoms with E-state index in [0.717, 1.165) is 0 Å². The van der Waals surface area contributed by atoms with Gasteiger partial charge in [-0.25, -0.2) is 0 Å². The zero-order valence-corrected chi connectivity index (χ0v) is 7.69. The zero-order valence-electron chi connectivity index (χ0n) is 7.69. The maximum absolute atomic E-state index is 8.79. The van der Waals surface area contributed by atoms with Crippen molar-refractivity contribution in [1.82, 2.24) is 0 Å². The number of hydrogen-bond donors (Lipinski definition) is 2. The fourth-order valence-corrected chi connectivity index (χ4v) is 0.626. The summed E-state index contributed by atoms with van der Waals surface area (Å²) in [4.78, 5) is 0. The van der Waals surface area contributed by atoms with Crippen LogP contribution in [0.3, 0.4) is 0 Å². The van der Waals surface area contributed by atoms with Crippen molar-refractivity contribution in [3.05, 3.63) is 0 Å². The molecule has 0 aromatic heterocycles. The van der Waals surface area contributed by atoms with Crippen LogP contribution in [0.15, 0.2) is 0 Å². The summed E-state index contributed by atoms with van der Waals surface area (Å²) in [6, 6.07) is 0. The molecule has 0 fully saturated rings. The SMILES string of the molecule is C.C.C.C.CC(O)COCCOCC(C)O. The zero-order chi connectivity index (χ0) is 9.40. The van der Waals surface area contributed by atoms with Gasteiger partial charge in [-0.2, -0.15) is 0 Å². The molecule has 0 aromatic rings. The Bertz CT molecular complexity index is 83.0. The summed E-state index contributed by atoms with van der Waals surface area (Å²) >= 11 is 0. The predicted octanol–water partition coefficient (Wildman–Crippen LogP) is 2.33. The fourth-order valence-electron chi connectivity index (χ4n) is 0.626. The molecule has 4 heteroatoms. The van der Waals surface area contributed by atoms with E-state index in [1.807, 2.05) is 0 Å². The number of ether oxygens (including phenoxy) is 2. The first kappa shape index (κ1) is 29.7. The van der Waals surface area contributed by atoms with Crippen molar-refractivity contribution in [3.63, 3.8) is 0 Å². The molecule has 16 heavy (non-hydrogen) atoms. The first-order valence-corrected chi connectivity index (χ1v) is 4.14. The summed E-state index contributed by atoms with van der Waals surface area (Å²) in [5, 5.41) is 17.6. The second-order valence-electron chi connectivity index (χ2n) is 2.85. The summed E-state index contributed by atoms with van der Waals surface area (Å²) in [6.07, 6.45) is -0.858. The number of aliphatic hydroxyl groups excluding tert-OH is 2. The molecule has 0 rings (SSSR count). The highest BCUT2D eigenvalue weighted by molar-refractivity contribution is 4.43. The van der Waals surface area contributed by atoms with Crippen molar-refractivity contribution in [1.29, 1.82) is 0 Å². The van der Waals surface area contributed by atoms with Gasteiger partial charge in [-0.15, -0.1) is 0 Å². The van der Waals surface area contributed by atoms with Gasteiger partial charge in [-0.3, -0.25) is 0 Å². The molecule has 2 N–H and O–H groups in total. The van der Waals surface area contributed by atoms with Gasteiger partial charge in [0, 0.05) is 0 Å². The monoisotopic (exact) mass is 242 g/mol. The van der Waals surface area contributed by atoms with Crippen LogP contribution in [-0.4, -0.2) is 48.8 Å². The molecular formula is C12H34O4. The molecule has 0 amide bonds. The molecular weight excluding hydrogens is 208 g/mol. The van der Waals surface area contributed by atoms with Gasteiger partial charge in [-0.1, -0.05) is 29.7 Å². The van der Waals surface area contributed by atoms with Crippen LogP contribution in [0.2, 0.25) is 0 Å². The summed E-state index contributed by atoms with van der Waals surface area (Å²) in [5.41, 5.74) is 0. The van der Waals surface area contributed by atoms with Gasteiger partial charge in [0.05, 0.1) is 38.6 Å².